The maximum absolute atomic E-state index is 12.6. The predicted molar refractivity (Wildman–Crippen MR) is 78.4 cm³/mol. The molecule has 1 N–H and O–H groups in total. The standard InChI is InChI=1S/C13H19ClN2O3S/c1-15-10-11-9-12(3-4-13(11)14)20(17,18)16-5-2-7-19-8-6-16/h3-4,9,15H,2,5-8,10H2,1H3. The van der Waals surface area contributed by atoms with Crippen LogP contribution < -0.4 is 5.32 Å². The van der Waals surface area contributed by atoms with Crippen LogP contribution in [0.1, 0.15) is 12.0 Å². The van der Waals surface area contributed by atoms with Gasteiger partial charge in [0.1, 0.15) is 0 Å². The number of hydrogen-bond donors (Lipinski definition) is 1. The lowest BCUT2D eigenvalue weighted by molar-refractivity contribution is 0.148. The lowest BCUT2D eigenvalue weighted by Crippen LogP contribution is -2.33. The van der Waals surface area contributed by atoms with Gasteiger partial charge in [0, 0.05) is 31.3 Å². The minimum absolute atomic E-state index is 0.286. The van der Waals surface area contributed by atoms with E-state index in [1.807, 2.05) is 0 Å². The lowest BCUT2D eigenvalue weighted by Gasteiger charge is -2.20. The van der Waals surface area contributed by atoms with Gasteiger partial charge in [-0.2, -0.15) is 4.31 Å². The maximum Gasteiger partial charge on any atom is 0.243 e. The maximum atomic E-state index is 12.6. The van der Waals surface area contributed by atoms with Crippen molar-refractivity contribution >= 4 is 21.6 Å². The van der Waals surface area contributed by atoms with Crippen LogP contribution >= 0.6 is 11.6 Å². The number of benzene rings is 1. The van der Waals surface area contributed by atoms with Crippen LogP contribution in [0.15, 0.2) is 23.1 Å². The third-order valence-electron chi connectivity index (χ3n) is 3.20. The Morgan fingerprint density at radius 1 is 1.35 bits per heavy atom. The highest BCUT2D eigenvalue weighted by molar-refractivity contribution is 7.89. The molecular weight excluding hydrogens is 300 g/mol. The Balaban J connectivity index is 2.30. The molecule has 0 aliphatic carbocycles. The van der Waals surface area contributed by atoms with E-state index < -0.39 is 10.0 Å². The SMILES string of the molecule is CNCc1cc(S(=O)(=O)N2CCCOCC2)ccc1Cl. The Morgan fingerprint density at radius 3 is 2.90 bits per heavy atom. The monoisotopic (exact) mass is 318 g/mol. The van der Waals surface area contributed by atoms with Crippen molar-refractivity contribution in [1.29, 1.82) is 0 Å². The molecule has 1 heterocycles. The summed E-state index contributed by atoms with van der Waals surface area (Å²) in [5, 5.41) is 3.55. The van der Waals surface area contributed by atoms with Crippen molar-refractivity contribution in [1.82, 2.24) is 9.62 Å². The van der Waals surface area contributed by atoms with Crippen LogP contribution in [-0.4, -0.2) is 46.1 Å². The molecule has 0 aromatic heterocycles. The Kier molecular flexibility index (Phi) is 5.40. The number of sulfonamides is 1. The van der Waals surface area contributed by atoms with E-state index >= 15 is 0 Å². The Hall–Kier alpha value is -0.660. The van der Waals surface area contributed by atoms with E-state index in [0.717, 1.165) is 12.0 Å². The van der Waals surface area contributed by atoms with E-state index in [2.05, 4.69) is 5.32 Å². The minimum atomic E-state index is -3.48. The molecule has 1 fully saturated rings. The van der Waals surface area contributed by atoms with E-state index in [1.54, 1.807) is 25.2 Å². The van der Waals surface area contributed by atoms with Gasteiger partial charge in [-0.05, 0) is 37.2 Å². The fourth-order valence-corrected chi connectivity index (χ4v) is 3.85. The van der Waals surface area contributed by atoms with E-state index in [4.69, 9.17) is 16.3 Å². The minimum Gasteiger partial charge on any atom is -0.380 e. The number of nitrogens with one attached hydrogen (secondary N) is 1. The second-order valence-electron chi connectivity index (χ2n) is 4.65. The molecule has 7 heteroatoms. The number of hydrogen-bond acceptors (Lipinski definition) is 4. The second kappa shape index (κ2) is 6.87. The summed E-state index contributed by atoms with van der Waals surface area (Å²) in [5.41, 5.74) is 0.779. The molecule has 0 saturated carbocycles. The molecule has 0 amide bonds. The average molecular weight is 319 g/mol. The molecule has 0 radical (unpaired) electrons. The van der Waals surface area contributed by atoms with Gasteiger partial charge in [0.05, 0.1) is 11.5 Å². The molecule has 0 spiro atoms. The van der Waals surface area contributed by atoms with Gasteiger partial charge in [-0.25, -0.2) is 8.42 Å². The van der Waals surface area contributed by atoms with Gasteiger partial charge < -0.3 is 10.1 Å². The summed E-state index contributed by atoms with van der Waals surface area (Å²) in [6.45, 7) is 2.47. The molecule has 0 bridgehead atoms. The second-order valence-corrected chi connectivity index (χ2v) is 7.00. The van der Waals surface area contributed by atoms with Crippen LogP contribution in [-0.2, 0) is 21.3 Å². The topological polar surface area (TPSA) is 58.6 Å². The fourth-order valence-electron chi connectivity index (χ4n) is 2.15. The van der Waals surface area contributed by atoms with Gasteiger partial charge in [0.2, 0.25) is 10.0 Å². The van der Waals surface area contributed by atoms with Gasteiger partial charge in [0.15, 0.2) is 0 Å². The first-order valence-electron chi connectivity index (χ1n) is 6.56. The Morgan fingerprint density at radius 2 is 2.15 bits per heavy atom. The third-order valence-corrected chi connectivity index (χ3v) is 5.47. The van der Waals surface area contributed by atoms with E-state index in [9.17, 15) is 8.42 Å². The van der Waals surface area contributed by atoms with Crippen LogP contribution in [0.5, 0.6) is 0 Å². The first-order valence-corrected chi connectivity index (χ1v) is 8.38. The molecule has 112 valence electrons. The predicted octanol–water partition coefficient (Wildman–Crippen LogP) is 1.47. The van der Waals surface area contributed by atoms with Crippen LogP contribution in [0, 0.1) is 0 Å². The molecule has 1 aromatic carbocycles. The summed E-state index contributed by atoms with van der Waals surface area (Å²) in [6.07, 6.45) is 0.718. The quantitative estimate of drug-likeness (QED) is 0.913. The smallest absolute Gasteiger partial charge is 0.243 e. The normalized spacial score (nSPS) is 17.9. The van der Waals surface area contributed by atoms with E-state index in [-0.39, 0.29) is 4.90 Å². The van der Waals surface area contributed by atoms with Gasteiger partial charge in [-0.1, -0.05) is 11.6 Å². The Bertz CT molecular complexity index is 555. The third kappa shape index (κ3) is 3.51. The molecule has 1 saturated heterocycles. The number of rotatable bonds is 4. The van der Waals surface area contributed by atoms with E-state index in [0.29, 0.717) is 37.9 Å². The van der Waals surface area contributed by atoms with Gasteiger partial charge >= 0.3 is 0 Å². The average Bonchev–Trinajstić information content (AvgIpc) is 2.70. The molecule has 1 aliphatic rings. The molecule has 2 rings (SSSR count). The highest BCUT2D eigenvalue weighted by atomic mass is 35.5. The number of halogens is 1. The largest absolute Gasteiger partial charge is 0.380 e. The molecular formula is C13H19ClN2O3S. The van der Waals surface area contributed by atoms with Crippen molar-refractivity contribution in [2.24, 2.45) is 0 Å². The van der Waals surface area contributed by atoms with Crippen LogP contribution in [0.4, 0.5) is 0 Å². The van der Waals surface area contributed by atoms with Crippen molar-refractivity contribution in [3.05, 3.63) is 28.8 Å². The Labute approximate surface area is 124 Å². The molecule has 1 aliphatic heterocycles. The fraction of sp³-hybridized carbons (Fsp3) is 0.538. The first kappa shape index (κ1) is 15.7. The van der Waals surface area contributed by atoms with Crippen molar-refractivity contribution in [2.45, 2.75) is 17.9 Å². The molecule has 0 unspecified atom stereocenters. The summed E-state index contributed by atoms with van der Waals surface area (Å²) in [7, 11) is -1.68. The molecule has 5 nitrogen and oxygen atoms in total. The number of ether oxygens (including phenoxy) is 1. The summed E-state index contributed by atoms with van der Waals surface area (Å²) in [5.74, 6) is 0. The van der Waals surface area contributed by atoms with Crippen molar-refractivity contribution in [3.63, 3.8) is 0 Å². The molecule has 0 atom stereocenters. The lowest BCUT2D eigenvalue weighted by atomic mass is 10.2. The van der Waals surface area contributed by atoms with Crippen molar-refractivity contribution in [2.75, 3.05) is 33.4 Å². The zero-order chi connectivity index (χ0) is 14.6. The van der Waals surface area contributed by atoms with Crippen LogP contribution in [0.25, 0.3) is 0 Å². The zero-order valence-corrected chi connectivity index (χ0v) is 13.0. The van der Waals surface area contributed by atoms with Crippen molar-refractivity contribution in [3.8, 4) is 0 Å². The summed E-state index contributed by atoms with van der Waals surface area (Å²) in [4.78, 5) is 0.286. The molecule has 1 aromatic rings. The van der Waals surface area contributed by atoms with E-state index in [1.165, 1.54) is 4.31 Å². The summed E-state index contributed by atoms with van der Waals surface area (Å²) in [6, 6.07) is 4.83. The highest BCUT2D eigenvalue weighted by Crippen LogP contribution is 2.23. The first-order chi connectivity index (χ1) is 9.55. The summed E-state index contributed by atoms with van der Waals surface area (Å²) < 4.78 is 32.0. The van der Waals surface area contributed by atoms with Crippen LogP contribution in [0.2, 0.25) is 5.02 Å². The summed E-state index contributed by atoms with van der Waals surface area (Å²) >= 11 is 6.07. The van der Waals surface area contributed by atoms with Crippen LogP contribution in [0.3, 0.4) is 0 Å². The highest BCUT2D eigenvalue weighted by Gasteiger charge is 2.25. The van der Waals surface area contributed by atoms with Gasteiger partial charge in [-0.3, -0.25) is 0 Å². The molecule has 20 heavy (non-hydrogen) atoms. The van der Waals surface area contributed by atoms with Gasteiger partial charge in [-0.15, -0.1) is 0 Å². The van der Waals surface area contributed by atoms with Crippen molar-refractivity contribution < 1.29 is 13.2 Å². The van der Waals surface area contributed by atoms with Gasteiger partial charge in [0.25, 0.3) is 0 Å². The zero-order valence-electron chi connectivity index (χ0n) is 11.4. The number of nitrogens with zero attached hydrogens (tertiary/aromatic N) is 1.